The second-order valence-corrected chi connectivity index (χ2v) is 5.57. The molecule has 2 atom stereocenters. The lowest BCUT2D eigenvalue weighted by molar-refractivity contribution is -0.141. The normalized spacial score (nSPS) is 21.9. The number of hydrogen-bond acceptors (Lipinski definition) is 2. The van der Waals surface area contributed by atoms with Gasteiger partial charge >= 0.3 is 12.0 Å². The van der Waals surface area contributed by atoms with Crippen LogP contribution in [0.3, 0.4) is 0 Å². The predicted octanol–water partition coefficient (Wildman–Crippen LogP) is 2.82. The summed E-state index contributed by atoms with van der Waals surface area (Å²) in [5.41, 5.74) is 0.694. The predicted molar refractivity (Wildman–Crippen MR) is 75.1 cm³/mol. The molecule has 0 aliphatic heterocycles. The van der Waals surface area contributed by atoms with Crippen molar-refractivity contribution in [2.24, 2.45) is 5.92 Å². The van der Waals surface area contributed by atoms with Gasteiger partial charge in [-0.05, 0) is 37.5 Å². The SMILES string of the molecule is O=C(Nc1cccc(Br)c1)NC1CCC(C(=O)O)C1. The summed E-state index contributed by atoms with van der Waals surface area (Å²) in [6.45, 7) is 0. The van der Waals surface area contributed by atoms with Crippen LogP contribution < -0.4 is 10.6 Å². The van der Waals surface area contributed by atoms with Gasteiger partial charge in [0.25, 0.3) is 0 Å². The molecule has 0 saturated heterocycles. The van der Waals surface area contributed by atoms with E-state index in [9.17, 15) is 9.59 Å². The lowest BCUT2D eigenvalue weighted by Gasteiger charge is -2.13. The minimum absolute atomic E-state index is 0.0618. The molecule has 3 N–H and O–H groups in total. The van der Waals surface area contributed by atoms with Gasteiger partial charge in [-0.1, -0.05) is 22.0 Å². The van der Waals surface area contributed by atoms with Crippen molar-refractivity contribution in [1.82, 2.24) is 5.32 Å². The molecule has 1 aromatic rings. The van der Waals surface area contributed by atoms with Crippen LogP contribution in [0.2, 0.25) is 0 Å². The van der Waals surface area contributed by atoms with Gasteiger partial charge in [-0.3, -0.25) is 4.79 Å². The molecule has 1 aliphatic rings. The minimum Gasteiger partial charge on any atom is -0.481 e. The molecule has 1 saturated carbocycles. The summed E-state index contributed by atoms with van der Waals surface area (Å²) in [5, 5.41) is 14.4. The summed E-state index contributed by atoms with van der Waals surface area (Å²) in [4.78, 5) is 22.6. The summed E-state index contributed by atoms with van der Waals surface area (Å²) < 4.78 is 0.886. The third-order valence-corrected chi connectivity index (χ3v) is 3.69. The molecule has 2 amide bonds. The van der Waals surface area contributed by atoms with Crippen LogP contribution in [0.15, 0.2) is 28.7 Å². The Bertz CT molecular complexity index is 493. The first-order chi connectivity index (χ1) is 9.04. The van der Waals surface area contributed by atoms with Crippen LogP contribution in [0.4, 0.5) is 10.5 Å². The first kappa shape index (κ1) is 13.9. The van der Waals surface area contributed by atoms with Gasteiger partial charge in [0.15, 0.2) is 0 Å². The molecule has 5 nitrogen and oxygen atoms in total. The molecule has 1 aliphatic carbocycles. The monoisotopic (exact) mass is 326 g/mol. The van der Waals surface area contributed by atoms with Crippen molar-refractivity contribution >= 4 is 33.6 Å². The average Bonchev–Trinajstić information content (AvgIpc) is 2.77. The van der Waals surface area contributed by atoms with E-state index in [0.29, 0.717) is 24.9 Å². The number of urea groups is 1. The molecule has 19 heavy (non-hydrogen) atoms. The van der Waals surface area contributed by atoms with Gasteiger partial charge in [-0.2, -0.15) is 0 Å². The first-order valence-electron chi connectivity index (χ1n) is 6.10. The van der Waals surface area contributed by atoms with Gasteiger partial charge in [0.2, 0.25) is 0 Å². The summed E-state index contributed by atoms with van der Waals surface area (Å²) >= 11 is 3.33. The smallest absolute Gasteiger partial charge is 0.319 e. The molecule has 6 heteroatoms. The van der Waals surface area contributed by atoms with Crippen LogP contribution in [-0.4, -0.2) is 23.1 Å². The van der Waals surface area contributed by atoms with E-state index in [4.69, 9.17) is 5.11 Å². The number of rotatable bonds is 3. The van der Waals surface area contributed by atoms with Gasteiger partial charge in [0.05, 0.1) is 5.92 Å². The first-order valence-corrected chi connectivity index (χ1v) is 6.90. The fourth-order valence-corrected chi connectivity index (χ4v) is 2.65. The Morgan fingerprint density at radius 2 is 2.11 bits per heavy atom. The zero-order valence-electron chi connectivity index (χ0n) is 10.2. The fraction of sp³-hybridized carbons (Fsp3) is 0.385. The highest BCUT2D eigenvalue weighted by atomic mass is 79.9. The van der Waals surface area contributed by atoms with Crippen LogP contribution in [0.25, 0.3) is 0 Å². The topological polar surface area (TPSA) is 78.4 Å². The molecule has 0 bridgehead atoms. The van der Waals surface area contributed by atoms with Crippen LogP contribution in [0.5, 0.6) is 0 Å². The summed E-state index contributed by atoms with van der Waals surface area (Å²) in [6.07, 6.45) is 1.83. The highest BCUT2D eigenvalue weighted by molar-refractivity contribution is 9.10. The van der Waals surface area contributed by atoms with E-state index in [-0.39, 0.29) is 18.0 Å². The lowest BCUT2D eigenvalue weighted by atomic mass is 10.1. The Balaban J connectivity index is 1.84. The number of carboxylic acids is 1. The van der Waals surface area contributed by atoms with Crippen molar-refractivity contribution in [3.05, 3.63) is 28.7 Å². The van der Waals surface area contributed by atoms with Crippen LogP contribution in [0.1, 0.15) is 19.3 Å². The fourth-order valence-electron chi connectivity index (χ4n) is 2.26. The van der Waals surface area contributed by atoms with Crippen molar-refractivity contribution in [2.75, 3.05) is 5.32 Å². The van der Waals surface area contributed by atoms with Gasteiger partial charge in [-0.15, -0.1) is 0 Å². The molecule has 0 radical (unpaired) electrons. The van der Waals surface area contributed by atoms with E-state index < -0.39 is 5.97 Å². The third-order valence-electron chi connectivity index (χ3n) is 3.20. The number of carbonyl (C=O) groups excluding carboxylic acids is 1. The molecule has 2 rings (SSSR count). The molecule has 1 fully saturated rings. The van der Waals surface area contributed by atoms with E-state index in [1.807, 2.05) is 12.1 Å². The highest BCUT2D eigenvalue weighted by Gasteiger charge is 2.30. The molecular weight excluding hydrogens is 312 g/mol. The zero-order valence-corrected chi connectivity index (χ0v) is 11.8. The van der Waals surface area contributed by atoms with Crippen molar-refractivity contribution in [1.29, 1.82) is 0 Å². The lowest BCUT2D eigenvalue weighted by Crippen LogP contribution is -2.36. The minimum atomic E-state index is -0.781. The van der Waals surface area contributed by atoms with Crippen LogP contribution >= 0.6 is 15.9 Å². The maximum Gasteiger partial charge on any atom is 0.319 e. The average molecular weight is 327 g/mol. The van der Waals surface area contributed by atoms with E-state index >= 15 is 0 Å². The quantitative estimate of drug-likeness (QED) is 0.799. The number of nitrogens with one attached hydrogen (secondary N) is 2. The Morgan fingerprint density at radius 1 is 1.32 bits per heavy atom. The summed E-state index contributed by atoms with van der Waals surface area (Å²) in [6, 6.07) is 6.93. The van der Waals surface area contributed by atoms with Gasteiger partial charge in [0.1, 0.15) is 0 Å². The number of carboxylic acid groups (broad SMARTS) is 1. The number of aliphatic carboxylic acids is 1. The van der Waals surface area contributed by atoms with Gasteiger partial charge in [-0.25, -0.2) is 4.79 Å². The Labute approximate surface area is 119 Å². The summed E-state index contributed by atoms with van der Waals surface area (Å²) in [5.74, 6) is -1.12. The molecule has 2 unspecified atom stereocenters. The van der Waals surface area contributed by atoms with Gasteiger partial charge < -0.3 is 15.7 Å². The van der Waals surface area contributed by atoms with E-state index in [1.54, 1.807) is 12.1 Å². The molecule has 102 valence electrons. The molecule has 0 heterocycles. The molecule has 0 spiro atoms. The van der Waals surface area contributed by atoms with Crippen molar-refractivity contribution in [3.63, 3.8) is 0 Å². The molecule has 0 aromatic heterocycles. The van der Waals surface area contributed by atoms with Crippen LogP contribution in [-0.2, 0) is 4.79 Å². The van der Waals surface area contributed by atoms with E-state index in [2.05, 4.69) is 26.6 Å². The number of anilines is 1. The number of hydrogen-bond donors (Lipinski definition) is 3. The third kappa shape index (κ3) is 3.96. The standard InChI is InChI=1S/C13H15BrN2O3/c14-9-2-1-3-10(7-9)15-13(19)16-11-5-4-8(6-11)12(17)18/h1-3,7-8,11H,4-6H2,(H,17,18)(H2,15,16,19). The van der Waals surface area contributed by atoms with Crippen molar-refractivity contribution in [3.8, 4) is 0 Å². The zero-order chi connectivity index (χ0) is 13.8. The van der Waals surface area contributed by atoms with Gasteiger partial charge in [0, 0.05) is 16.2 Å². The number of amides is 2. The Hall–Kier alpha value is -1.56. The number of halogens is 1. The van der Waals surface area contributed by atoms with Crippen LogP contribution in [0, 0.1) is 5.92 Å². The largest absolute Gasteiger partial charge is 0.481 e. The Kier molecular flexibility index (Phi) is 4.42. The second-order valence-electron chi connectivity index (χ2n) is 4.65. The number of benzene rings is 1. The molecule has 1 aromatic carbocycles. The maximum atomic E-state index is 11.8. The van der Waals surface area contributed by atoms with E-state index in [0.717, 1.165) is 4.47 Å². The molecular formula is C13H15BrN2O3. The highest BCUT2D eigenvalue weighted by Crippen LogP contribution is 2.25. The van der Waals surface area contributed by atoms with Crippen molar-refractivity contribution < 1.29 is 14.7 Å². The maximum absolute atomic E-state index is 11.8. The summed E-state index contributed by atoms with van der Waals surface area (Å²) in [7, 11) is 0. The second kappa shape index (κ2) is 6.06. The Morgan fingerprint density at radius 3 is 2.74 bits per heavy atom. The van der Waals surface area contributed by atoms with Crippen molar-refractivity contribution in [2.45, 2.75) is 25.3 Å². The van der Waals surface area contributed by atoms with E-state index in [1.165, 1.54) is 0 Å². The number of carbonyl (C=O) groups is 2.